The molecule has 0 aromatic heterocycles. The van der Waals surface area contributed by atoms with Gasteiger partial charge >= 0.3 is 23.9 Å². The number of carbonyl (C=O) groups excluding carboxylic acids is 4. The number of carboxylic acids is 4. The quantitative estimate of drug-likeness (QED) is 0.157. The van der Waals surface area contributed by atoms with Crippen LogP contribution < -0.4 is 21.3 Å². The van der Waals surface area contributed by atoms with Gasteiger partial charge in [0.25, 0.3) is 0 Å². The van der Waals surface area contributed by atoms with Gasteiger partial charge in [-0.15, -0.1) is 0 Å². The van der Waals surface area contributed by atoms with E-state index in [1.807, 2.05) is 0 Å². The van der Waals surface area contributed by atoms with Gasteiger partial charge in [-0.05, 0) is 48.5 Å². The standard InChI is InChI=1S/C32H40N8O12/c41-25-13-37(17-29(45)46)9-10-39(19-31(49)50)15-27(43)35-23-5-7-24(8-6-23)36-28(44)16-40(20-32(51)52)12-11-38(18-30(47)48)14-26(42)34-22-2-1-21(33-25)3-4-22/h1-8H,9-20H2,(H,33,41)(H,34,42)(H,35,43)(H,36,44)(H,45,46)(H,47,48)(H,49,50)(H,51,52). The number of carboxylic acid groups (broad SMARTS) is 4. The van der Waals surface area contributed by atoms with E-state index in [2.05, 4.69) is 21.3 Å². The fourth-order valence-corrected chi connectivity index (χ4v) is 5.08. The van der Waals surface area contributed by atoms with Crippen LogP contribution in [0.5, 0.6) is 0 Å². The second-order valence-electron chi connectivity index (χ2n) is 11.8. The molecular formula is C32H40N8O12. The Labute approximate surface area is 296 Å². The number of hydrogen-bond acceptors (Lipinski definition) is 12. The van der Waals surface area contributed by atoms with E-state index in [-0.39, 0.29) is 52.4 Å². The molecule has 4 bridgehead atoms. The van der Waals surface area contributed by atoms with E-state index in [4.69, 9.17) is 0 Å². The molecule has 52 heavy (non-hydrogen) atoms. The lowest BCUT2D eigenvalue weighted by atomic mass is 10.2. The monoisotopic (exact) mass is 728 g/mol. The van der Waals surface area contributed by atoms with Crippen molar-refractivity contribution in [3.63, 3.8) is 0 Å². The Morgan fingerprint density at radius 2 is 0.577 bits per heavy atom. The average molecular weight is 729 g/mol. The third-order valence-corrected chi connectivity index (χ3v) is 7.27. The number of carbonyl (C=O) groups is 8. The number of nitrogens with one attached hydrogen (secondary N) is 4. The predicted molar refractivity (Wildman–Crippen MR) is 184 cm³/mol. The zero-order valence-corrected chi connectivity index (χ0v) is 27.9. The van der Waals surface area contributed by atoms with Crippen LogP contribution in [0.15, 0.2) is 48.5 Å². The molecule has 0 saturated carbocycles. The minimum Gasteiger partial charge on any atom is -0.480 e. The third kappa shape index (κ3) is 15.7. The summed E-state index contributed by atoms with van der Waals surface area (Å²) < 4.78 is 0. The van der Waals surface area contributed by atoms with Crippen LogP contribution >= 0.6 is 0 Å². The van der Waals surface area contributed by atoms with E-state index in [0.717, 1.165) is 0 Å². The lowest BCUT2D eigenvalue weighted by Crippen LogP contribution is -2.45. The largest absolute Gasteiger partial charge is 0.480 e. The number of hydrogen-bond donors (Lipinski definition) is 8. The van der Waals surface area contributed by atoms with Crippen LogP contribution in [0.1, 0.15) is 0 Å². The Hall–Kier alpha value is -5.96. The molecule has 2 aromatic carbocycles. The van der Waals surface area contributed by atoms with Gasteiger partial charge in [0.05, 0.1) is 52.4 Å². The SMILES string of the molecule is O=C(O)CN1CCN(CC(=O)O)CC(=O)Nc2ccc(cc2)NC(=O)CN(CC(=O)O)CCN(CC(=O)O)CC(=O)Nc2ccc(cc2)NC(=O)C1. The molecule has 0 atom stereocenters. The Kier molecular flexibility index (Phi) is 15.6. The highest BCUT2D eigenvalue weighted by atomic mass is 16.4. The molecule has 4 heterocycles. The Bertz CT molecular complexity index is 1380. The van der Waals surface area contributed by atoms with Crippen LogP contribution in [0.3, 0.4) is 0 Å². The second-order valence-corrected chi connectivity index (χ2v) is 11.8. The maximum Gasteiger partial charge on any atom is 0.317 e. The number of benzene rings is 2. The first-order chi connectivity index (χ1) is 24.6. The zero-order chi connectivity index (χ0) is 38.2. The summed E-state index contributed by atoms with van der Waals surface area (Å²) >= 11 is 0. The van der Waals surface area contributed by atoms with Crippen LogP contribution in [-0.2, 0) is 38.4 Å². The zero-order valence-electron chi connectivity index (χ0n) is 27.9. The maximum atomic E-state index is 12.8. The van der Waals surface area contributed by atoms with E-state index < -0.39 is 73.7 Å². The molecule has 6 rings (SSSR count). The number of amides is 4. The molecule has 0 aliphatic carbocycles. The highest BCUT2D eigenvalue weighted by molar-refractivity contribution is 5.96. The van der Waals surface area contributed by atoms with Gasteiger partial charge in [0, 0.05) is 48.9 Å². The fraction of sp³-hybridized carbons (Fsp3) is 0.375. The molecule has 20 nitrogen and oxygen atoms in total. The molecule has 2 aromatic rings. The smallest absolute Gasteiger partial charge is 0.317 e. The Morgan fingerprint density at radius 3 is 0.731 bits per heavy atom. The van der Waals surface area contributed by atoms with Crippen molar-refractivity contribution in [2.24, 2.45) is 0 Å². The Morgan fingerprint density at radius 1 is 0.404 bits per heavy atom. The van der Waals surface area contributed by atoms with Gasteiger partial charge in [0.1, 0.15) is 0 Å². The van der Waals surface area contributed by atoms with E-state index in [9.17, 15) is 58.8 Å². The molecule has 0 spiro atoms. The van der Waals surface area contributed by atoms with Gasteiger partial charge in [-0.2, -0.15) is 0 Å². The molecule has 4 aliphatic rings. The number of nitrogens with zero attached hydrogens (tertiary/aromatic N) is 4. The summed E-state index contributed by atoms with van der Waals surface area (Å²) in [5.41, 5.74) is 1.22. The summed E-state index contributed by atoms with van der Waals surface area (Å²) in [7, 11) is 0. The summed E-state index contributed by atoms with van der Waals surface area (Å²) in [4.78, 5) is 102. The maximum absolute atomic E-state index is 12.8. The minimum absolute atomic E-state index is 0.0809. The summed E-state index contributed by atoms with van der Waals surface area (Å²) in [6.07, 6.45) is 0. The van der Waals surface area contributed by atoms with E-state index >= 15 is 0 Å². The lowest BCUT2D eigenvalue weighted by Gasteiger charge is -2.25. The first kappa shape index (κ1) is 40.5. The number of anilines is 4. The van der Waals surface area contributed by atoms with Crippen molar-refractivity contribution < 1.29 is 58.8 Å². The van der Waals surface area contributed by atoms with Gasteiger partial charge in [0.2, 0.25) is 23.6 Å². The van der Waals surface area contributed by atoms with Crippen molar-refractivity contribution in [1.82, 2.24) is 19.6 Å². The number of rotatable bonds is 8. The Balaban J connectivity index is 1.85. The highest BCUT2D eigenvalue weighted by Crippen LogP contribution is 2.15. The summed E-state index contributed by atoms with van der Waals surface area (Å²) in [5, 5.41) is 48.0. The first-order valence-corrected chi connectivity index (χ1v) is 15.8. The van der Waals surface area contributed by atoms with Crippen LogP contribution in [-0.4, -0.2) is 166 Å². The molecule has 280 valence electrons. The van der Waals surface area contributed by atoms with Gasteiger partial charge in [-0.25, -0.2) is 0 Å². The lowest BCUT2D eigenvalue weighted by molar-refractivity contribution is -0.140. The van der Waals surface area contributed by atoms with Crippen molar-refractivity contribution in [3.8, 4) is 0 Å². The summed E-state index contributed by atoms with van der Waals surface area (Å²) in [5.74, 6) is -7.30. The molecular weight excluding hydrogens is 688 g/mol. The van der Waals surface area contributed by atoms with Gasteiger partial charge in [0.15, 0.2) is 0 Å². The first-order valence-electron chi connectivity index (χ1n) is 15.8. The number of aliphatic carboxylic acids is 4. The summed E-state index contributed by atoms with van der Waals surface area (Å²) in [6.45, 7) is -4.07. The average Bonchev–Trinajstić information content (AvgIpc) is 3.02. The molecule has 0 saturated heterocycles. The highest BCUT2D eigenvalue weighted by Gasteiger charge is 2.21. The fourth-order valence-electron chi connectivity index (χ4n) is 5.08. The van der Waals surface area contributed by atoms with Crippen molar-refractivity contribution in [2.75, 3.05) is 99.8 Å². The van der Waals surface area contributed by atoms with Crippen molar-refractivity contribution in [3.05, 3.63) is 48.5 Å². The van der Waals surface area contributed by atoms with E-state index in [1.165, 1.54) is 68.1 Å². The van der Waals surface area contributed by atoms with Crippen molar-refractivity contribution in [2.45, 2.75) is 0 Å². The van der Waals surface area contributed by atoms with E-state index in [1.54, 1.807) is 0 Å². The van der Waals surface area contributed by atoms with Crippen LogP contribution in [0.2, 0.25) is 0 Å². The second kappa shape index (κ2) is 20.0. The van der Waals surface area contributed by atoms with Crippen LogP contribution in [0.4, 0.5) is 22.7 Å². The van der Waals surface area contributed by atoms with Gasteiger partial charge in [-0.1, -0.05) is 0 Å². The molecule has 20 heteroatoms. The van der Waals surface area contributed by atoms with Crippen molar-refractivity contribution in [1.29, 1.82) is 0 Å². The normalized spacial score (nSPS) is 17.2. The molecule has 4 amide bonds. The third-order valence-electron chi connectivity index (χ3n) is 7.27. The van der Waals surface area contributed by atoms with Gasteiger partial charge in [-0.3, -0.25) is 58.0 Å². The molecule has 8 N–H and O–H groups in total. The summed E-state index contributed by atoms with van der Waals surface area (Å²) in [6, 6.07) is 11.7. The van der Waals surface area contributed by atoms with Gasteiger partial charge < -0.3 is 41.7 Å². The minimum atomic E-state index is -1.24. The van der Waals surface area contributed by atoms with Crippen molar-refractivity contribution >= 4 is 70.3 Å². The molecule has 0 unspecified atom stereocenters. The van der Waals surface area contributed by atoms with Crippen LogP contribution in [0.25, 0.3) is 0 Å². The molecule has 0 fully saturated rings. The molecule has 4 aliphatic heterocycles. The van der Waals surface area contributed by atoms with Crippen LogP contribution in [0, 0.1) is 0 Å². The topological polar surface area (TPSA) is 279 Å². The molecule has 0 radical (unpaired) electrons. The predicted octanol–water partition coefficient (Wildman–Crippen LogP) is -1.30. The van der Waals surface area contributed by atoms with E-state index in [0.29, 0.717) is 22.7 Å².